The number of benzene rings is 2. The van der Waals surface area contributed by atoms with Crippen LogP contribution in [0.25, 0.3) is 0 Å². The van der Waals surface area contributed by atoms with Gasteiger partial charge in [0.05, 0.1) is 23.5 Å². The number of nitrogens with zero attached hydrogens (tertiary/aromatic N) is 3. The molecule has 3 heterocycles. The molecule has 3 aliphatic rings. The fourth-order valence-corrected chi connectivity index (χ4v) is 7.77. The highest BCUT2D eigenvalue weighted by molar-refractivity contribution is 7.89. The Hall–Kier alpha value is -3.98. The van der Waals surface area contributed by atoms with Crippen molar-refractivity contribution >= 4 is 27.6 Å². The van der Waals surface area contributed by atoms with Crippen molar-refractivity contribution in [3.8, 4) is 0 Å². The summed E-state index contributed by atoms with van der Waals surface area (Å²) in [7, 11) is -5.44. The van der Waals surface area contributed by atoms with Gasteiger partial charge in [0, 0.05) is 18.3 Å². The van der Waals surface area contributed by atoms with E-state index < -0.39 is 80.9 Å². The molecule has 1 aromatic heterocycles. The molecule has 1 atom stereocenters. The SMILES string of the molecule is O=C1OCc2c1ccc(N(Cc1ccc(C3CCCCC3)cn1)C(=O)[C@H]1CCN1S(=O)(=O)c1c(F)c(F)c(F)c(F)c1F)c2F. The number of hydrogen-bond acceptors (Lipinski definition) is 6. The van der Waals surface area contributed by atoms with E-state index in [0.29, 0.717) is 15.9 Å². The van der Waals surface area contributed by atoms with Gasteiger partial charge in [0.15, 0.2) is 34.0 Å². The Kier molecular flexibility index (Phi) is 8.10. The van der Waals surface area contributed by atoms with Crippen LogP contribution >= 0.6 is 0 Å². The Morgan fingerprint density at radius 2 is 1.56 bits per heavy atom. The number of halogens is 6. The summed E-state index contributed by atoms with van der Waals surface area (Å²) in [5.74, 6) is -15.1. The van der Waals surface area contributed by atoms with Gasteiger partial charge in [-0.15, -0.1) is 0 Å². The number of amides is 1. The highest BCUT2D eigenvalue weighted by Gasteiger charge is 2.48. The lowest BCUT2D eigenvalue weighted by Gasteiger charge is -2.41. The molecule has 1 saturated heterocycles. The molecule has 0 spiro atoms. The van der Waals surface area contributed by atoms with Crippen molar-refractivity contribution in [3.63, 3.8) is 0 Å². The van der Waals surface area contributed by atoms with Crippen molar-refractivity contribution in [2.45, 2.75) is 68.5 Å². The summed E-state index contributed by atoms with van der Waals surface area (Å²) in [5.41, 5.74) is 0.752. The Balaban J connectivity index is 1.35. The molecule has 2 aliphatic heterocycles. The van der Waals surface area contributed by atoms with E-state index in [-0.39, 0.29) is 29.8 Å². The van der Waals surface area contributed by atoms with Gasteiger partial charge in [-0.05, 0) is 48.9 Å². The smallest absolute Gasteiger partial charge is 0.338 e. The number of cyclic esters (lactones) is 1. The first-order chi connectivity index (χ1) is 21.4. The predicted octanol–water partition coefficient (Wildman–Crippen LogP) is 5.63. The van der Waals surface area contributed by atoms with Crippen LogP contribution in [0.2, 0.25) is 0 Å². The number of sulfonamides is 1. The van der Waals surface area contributed by atoms with Crippen LogP contribution in [0.5, 0.6) is 0 Å². The van der Waals surface area contributed by atoms with Crippen molar-refractivity contribution in [2.75, 3.05) is 11.4 Å². The van der Waals surface area contributed by atoms with Crippen molar-refractivity contribution in [2.24, 2.45) is 0 Å². The number of aromatic nitrogens is 1. The topological polar surface area (TPSA) is 96.9 Å². The Labute approximate surface area is 253 Å². The maximum atomic E-state index is 15.8. The molecule has 8 nitrogen and oxygen atoms in total. The van der Waals surface area contributed by atoms with E-state index in [1.165, 1.54) is 6.07 Å². The molecule has 0 unspecified atom stereocenters. The van der Waals surface area contributed by atoms with E-state index in [0.717, 1.165) is 48.6 Å². The van der Waals surface area contributed by atoms with Gasteiger partial charge in [-0.2, -0.15) is 4.31 Å². The summed E-state index contributed by atoms with van der Waals surface area (Å²) < 4.78 is 118. The van der Waals surface area contributed by atoms with Crippen LogP contribution < -0.4 is 4.90 Å². The number of ether oxygens (including phenoxy) is 1. The minimum atomic E-state index is -5.44. The first kappa shape index (κ1) is 31.0. The molecule has 1 saturated carbocycles. The number of carbonyl (C=O) groups excluding carboxylic acids is 2. The third-order valence-electron chi connectivity index (χ3n) is 8.58. The minimum Gasteiger partial charge on any atom is -0.457 e. The van der Waals surface area contributed by atoms with E-state index in [2.05, 4.69) is 4.98 Å². The van der Waals surface area contributed by atoms with E-state index >= 15 is 4.39 Å². The molecule has 45 heavy (non-hydrogen) atoms. The molecule has 6 rings (SSSR count). The summed E-state index contributed by atoms with van der Waals surface area (Å²) in [6.45, 7) is -1.27. The number of anilines is 1. The molecule has 0 bridgehead atoms. The molecule has 2 fully saturated rings. The van der Waals surface area contributed by atoms with Crippen molar-refractivity contribution in [1.29, 1.82) is 0 Å². The normalized spacial score (nSPS) is 18.8. The highest BCUT2D eigenvalue weighted by Crippen LogP contribution is 2.37. The minimum absolute atomic E-state index is 0.0576. The fraction of sp³-hybridized carbons (Fsp3) is 0.367. The highest BCUT2D eigenvalue weighted by atomic mass is 32.2. The molecule has 1 aliphatic carbocycles. The van der Waals surface area contributed by atoms with Crippen molar-refractivity contribution in [1.82, 2.24) is 9.29 Å². The second-order valence-electron chi connectivity index (χ2n) is 11.2. The molecule has 3 aromatic rings. The van der Waals surface area contributed by atoms with E-state index in [1.54, 1.807) is 12.3 Å². The number of rotatable bonds is 7. The van der Waals surface area contributed by atoms with Gasteiger partial charge in [-0.3, -0.25) is 9.78 Å². The Morgan fingerprint density at radius 1 is 0.889 bits per heavy atom. The van der Waals surface area contributed by atoms with Gasteiger partial charge >= 0.3 is 5.97 Å². The number of pyridine rings is 1. The van der Waals surface area contributed by atoms with Crippen molar-refractivity contribution < 1.29 is 49.1 Å². The van der Waals surface area contributed by atoms with Gasteiger partial charge < -0.3 is 9.64 Å². The number of esters is 1. The van der Waals surface area contributed by atoms with Crippen LogP contribution in [0.4, 0.5) is 32.0 Å². The maximum Gasteiger partial charge on any atom is 0.338 e. The van der Waals surface area contributed by atoms with Crippen LogP contribution in [0.1, 0.15) is 71.6 Å². The molecule has 0 radical (unpaired) electrons. The zero-order chi connectivity index (χ0) is 32.2. The maximum absolute atomic E-state index is 15.8. The Morgan fingerprint density at radius 3 is 2.16 bits per heavy atom. The van der Waals surface area contributed by atoms with Crippen LogP contribution in [-0.2, 0) is 32.7 Å². The lowest BCUT2D eigenvalue weighted by molar-refractivity contribution is -0.125. The van der Waals surface area contributed by atoms with Gasteiger partial charge in [0.25, 0.3) is 0 Å². The van der Waals surface area contributed by atoms with Crippen LogP contribution in [0, 0.1) is 34.9 Å². The molecule has 15 heteroatoms. The second kappa shape index (κ2) is 11.7. The summed E-state index contributed by atoms with van der Waals surface area (Å²) in [6.07, 6.45) is 6.79. The summed E-state index contributed by atoms with van der Waals surface area (Å²) in [4.78, 5) is 29.1. The van der Waals surface area contributed by atoms with Gasteiger partial charge in [0.1, 0.15) is 12.6 Å². The average Bonchev–Trinajstić information content (AvgIpc) is 3.39. The van der Waals surface area contributed by atoms with Gasteiger partial charge in [-0.1, -0.05) is 25.3 Å². The second-order valence-corrected chi connectivity index (χ2v) is 13.0. The predicted molar refractivity (Wildman–Crippen MR) is 145 cm³/mol. The molecule has 0 N–H and O–H groups in total. The first-order valence-corrected chi connectivity index (χ1v) is 15.6. The lowest BCUT2D eigenvalue weighted by Crippen LogP contribution is -2.59. The number of hydrogen-bond donors (Lipinski definition) is 0. The molecule has 2 aromatic carbocycles. The van der Waals surface area contributed by atoms with Gasteiger partial charge in [-0.25, -0.2) is 39.6 Å². The third-order valence-corrected chi connectivity index (χ3v) is 10.5. The van der Waals surface area contributed by atoms with Gasteiger partial charge in [0.2, 0.25) is 21.7 Å². The van der Waals surface area contributed by atoms with E-state index in [1.807, 2.05) is 6.07 Å². The van der Waals surface area contributed by atoms with Crippen LogP contribution in [0.15, 0.2) is 35.4 Å². The fourth-order valence-electron chi connectivity index (χ4n) is 6.02. The number of carbonyl (C=O) groups is 2. The van der Waals surface area contributed by atoms with Crippen LogP contribution in [-0.4, -0.2) is 42.2 Å². The summed E-state index contributed by atoms with van der Waals surface area (Å²) in [5, 5.41) is 0. The van der Waals surface area contributed by atoms with E-state index in [4.69, 9.17) is 4.74 Å². The zero-order valence-corrected chi connectivity index (χ0v) is 24.3. The first-order valence-electron chi connectivity index (χ1n) is 14.2. The van der Waals surface area contributed by atoms with Crippen molar-refractivity contribution in [3.05, 3.63) is 87.7 Å². The molecule has 238 valence electrons. The summed E-state index contributed by atoms with van der Waals surface area (Å²) >= 11 is 0. The lowest BCUT2D eigenvalue weighted by atomic mass is 9.85. The largest absolute Gasteiger partial charge is 0.457 e. The quantitative estimate of drug-likeness (QED) is 0.142. The van der Waals surface area contributed by atoms with E-state index in [9.17, 15) is 40.0 Å². The average molecular weight is 654 g/mol. The number of fused-ring (bicyclic) bond motifs is 1. The monoisotopic (exact) mass is 653 g/mol. The molecule has 1 amide bonds. The standard InChI is InChI=1S/C30H25F6N3O5S/c31-22-19-14-44-30(41)18(19)8-9-20(22)38(13-17-7-6-16(12-37-17)15-4-2-1-3-5-15)29(40)21-10-11-39(21)45(42,43)28-26(35)24(33)23(32)25(34)27(28)36/h6-9,12,15,21H,1-5,10-11,13-14H2/t21-/m1/s1. The third kappa shape index (κ3) is 5.25. The summed E-state index contributed by atoms with van der Waals surface area (Å²) in [6, 6.07) is 4.18. The van der Waals surface area contributed by atoms with Crippen LogP contribution in [0.3, 0.4) is 0 Å². The Bertz CT molecular complexity index is 1790. The molecular formula is C30H25F6N3O5S. The molecular weight excluding hydrogens is 628 g/mol. The zero-order valence-electron chi connectivity index (χ0n) is 23.5.